The van der Waals surface area contributed by atoms with E-state index in [1.807, 2.05) is 30.3 Å². The summed E-state index contributed by atoms with van der Waals surface area (Å²) in [5.41, 5.74) is 0.313. The predicted molar refractivity (Wildman–Crippen MR) is 77.3 cm³/mol. The van der Waals surface area contributed by atoms with Crippen LogP contribution < -0.4 is 10.3 Å². The average molecular weight is 313 g/mol. The van der Waals surface area contributed by atoms with Crippen molar-refractivity contribution in [3.8, 4) is 0 Å². The Morgan fingerprint density at radius 2 is 1.90 bits per heavy atom. The maximum absolute atomic E-state index is 12.2. The monoisotopic (exact) mass is 312 g/mol. The molecular formula is C13H13ClN2O3S. The zero-order valence-corrected chi connectivity index (χ0v) is 12.2. The van der Waals surface area contributed by atoms with Gasteiger partial charge in [0.25, 0.3) is 5.56 Å². The second kappa shape index (κ2) is 5.78. The van der Waals surface area contributed by atoms with Gasteiger partial charge in [0.05, 0.1) is 4.90 Å². The Labute approximate surface area is 121 Å². The van der Waals surface area contributed by atoms with Crippen molar-refractivity contribution in [3.63, 3.8) is 0 Å². The number of halogens is 1. The molecule has 7 heteroatoms. The van der Waals surface area contributed by atoms with Gasteiger partial charge in [0.15, 0.2) is 0 Å². The standard InChI is InChI=1S/C13H13ClN2O3S/c1-9(10-5-3-2-4-6-10)16-20(18,19)11-7-12(14)13(17)15-8-11/h2-9,16H,1H3,(H,15,17)/t9-/m0/s1. The van der Waals surface area contributed by atoms with Crippen LogP contribution in [0.15, 0.2) is 52.3 Å². The van der Waals surface area contributed by atoms with E-state index in [0.717, 1.165) is 17.8 Å². The number of aromatic nitrogens is 1. The van der Waals surface area contributed by atoms with Crippen molar-refractivity contribution < 1.29 is 8.42 Å². The lowest BCUT2D eigenvalue weighted by atomic mass is 10.1. The fourth-order valence-electron chi connectivity index (χ4n) is 1.70. The third kappa shape index (κ3) is 3.27. The number of hydrogen-bond acceptors (Lipinski definition) is 3. The first kappa shape index (κ1) is 14.8. The molecule has 0 radical (unpaired) electrons. The van der Waals surface area contributed by atoms with E-state index in [4.69, 9.17) is 11.6 Å². The summed E-state index contributed by atoms with van der Waals surface area (Å²) < 4.78 is 26.9. The van der Waals surface area contributed by atoms with Crippen LogP contribution in [0.2, 0.25) is 5.02 Å². The number of nitrogens with one attached hydrogen (secondary N) is 2. The Hall–Kier alpha value is -1.63. The summed E-state index contributed by atoms with van der Waals surface area (Å²) >= 11 is 5.64. The first-order chi connectivity index (χ1) is 9.40. The van der Waals surface area contributed by atoms with Gasteiger partial charge in [-0.3, -0.25) is 4.79 Å². The third-order valence-corrected chi connectivity index (χ3v) is 4.57. The third-order valence-electron chi connectivity index (χ3n) is 2.77. The van der Waals surface area contributed by atoms with Crippen LogP contribution in [-0.2, 0) is 10.0 Å². The van der Waals surface area contributed by atoms with Crippen LogP contribution in [0.5, 0.6) is 0 Å². The molecule has 1 aromatic heterocycles. The quantitative estimate of drug-likeness (QED) is 0.907. The molecule has 1 heterocycles. The first-order valence-electron chi connectivity index (χ1n) is 5.85. The zero-order chi connectivity index (χ0) is 14.8. The van der Waals surface area contributed by atoms with Gasteiger partial charge >= 0.3 is 0 Å². The number of pyridine rings is 1. The highest BCUT2D eigenvalue weighted by Crippen LogP contribution is 2.17. The van der Waals surface area contributed by atoms with E-state index >= 15 is 0 Å². The molecule has 0 saturated carbocycles. The highest BCUT2D eigenvalue weighted by molar-refractivity contribution is 7.89. The van der Waals surface area contributed by atoms with E-state index < -0.39 is 21.6 Å². The lowest BCUT2D eigenvalue weighted by Crippen LogP contribution is -2.27. The summed E-state index contributed by atoms with van der Waals surface area (Å²) in [6.07, 6.45) is 1.12. The molecule has 0 spiro atoms. The molecule has 0 amide bonds. The predicted octanol–water partition coefficient (Wildman–Crippen LogP) is 2.07. The molecule has 1 atom stereocenters. The second-order valence-electron chi connectivity index (χ2n) is 4.27. The van der Waals surface area contributed by atoms with Crippen LogP contribution in [0.25, 0.3) is 0 Å². The van der Waals surface area contributed by atoms with Gasteiger partial charge < -0.3 is 4.98 Å². The molecule has 5 nitrogen and oxygen atoms in total. The van der Waals surface area contributed by atoms with Gasteiger partial charge in [0.1, 0.15) is 5.02 Å². The molecule has 2 rings (SSSR count). The number of sulfonamides is 1. The van der Waals surface area contributed by atoms with Crippen molar-refractivity contribution in [1.82, 2.24) is 9.71 Å². The molecule has 0 saturated heterocycles. The van der Waals surface area contributed by atoms with Crippen molar-refractivity contribution in [1.29, 1.82) is 0 Å². The largest absolute Gasteiger partial charge is 0.326 e. The lowest BCUT2D eigenvalue weighted by Gasteiger charge is -2.14. The Kier molecular flexibility index (Phi) is 4.27. The van der Waals surface area contributed by atoms with Crippen molar-refractivity contribution in [2.75, 3.05) is 0 Å². The van der Waals surface area contributed by atoms with Crippen LogP contribution >= 0.6 is 11.6 Å². The van der Waals surface area contributed by atoms with Gasteiger partial charge in [-0.25, -0.2) is 13.1 Å². The first-order valence-corrected chi connectivity index (χ1v) is 7.72. The maximum Gasteiger partial charge on any atom is 0.266 e. The molecule has 0 unspecified atom stereocenters. The summed E-state index contributed by atoms with van der Waals surface area (Å²) in [4.78, 5) is 13.3. The van der Waals surface area contributed by atoms with Crippen LogP contribution in [0.3, 0.4) is 0 Å². The Balaban J connectivity index is 2.27. The van der Waals surface area contributed by atoms with Crippen molar-refractivity contribution in [3.05, 3.63) is 63.5 Å². The molecule has 0 aliphatic carbocycles. The normalized spacial score (nSPS) is 13.1. The van der Waals surface area contributed by atoms with Crippen LogP contribution in [0.1, 0.15) is 18.5 Å². The van der Waals surface area contributed by atoms with Gasteiger partial charge in [0.2, 0.25) is 10.0 Å². The van der Waals surface area contributed by atoms with Gasteiger partial charge in [0, 0.05) is 12.2 Å². The smallest absolute Gasteiger partial charge is 0.266 e. The van der Waals surface area contributed by atoms with E-state index in [9.17, 15) is 13.2 Å². The summed E-state index contributed by atoms with van der Waals surface area (Å²) in [6, 6.07) is 9.90. The maximum atomic E-state index is 12.2. The second-order valence-corrected chi connectivity index (χ2v) is 6.39. The SMILES string of the molecule is C[C@H](NS(=O)(=O)c1c[nH]c(=O)c(Cl)c1)c1ccccc1. The number of hydrogen-bond donors (Lipinski definition) is 2. The molecule has 1 aromatic carbocycles. The van der Waals surface area contributed by atoms with Gasteiger partial charge in [-0.1, -0.05) is 41.9 Å². The summed E-state index contributed by atoms with van der Waals surface area (Å²) in [5, 5.41) is -0.166. The van der Waals surface area contributed by atoms with Crippen LogP contribution in [0.4, 0.5) is 0 Å². The van der Waals surface area contributed by atoms with Gasteiger partial charge in [-0.2, -0.15) is 0 Å². The molecule has 0 fully saturated rings. The van der Waals surface area contributed by atoms with Gasteiger partial charge in [-0.05, 0) is 18.6 Å². The molecular weight excluding hydrogens is 300 g/mol. The number of H-pyrrole nitrogens is 1. The Morgan fingerprint density at radius 1 is 1.25 bits per heavy atom. The molecule has 0 aliphatic heterocycles. The summed E-state index contributed by atoms with van der Waals surface area (Å²) in [6.45, 7) is 1.74. The van der Waals surface area contributed by atoms with E-state index in [1.165, 1.54) is 0 Å². The fourth-order valence-corrected chi connectivity index (χ4v) is 3.16. The average Bonchev–Trinajstić information content (AvgIpc) is 2.42. The molecule has 0 aliphatic rings. The molecule has 0 bridgehead atoms. The Morgan fingerprint density at radius 3 is 2.50 bits per heavy atom. The molecule has 20 heavy (non-hydrogen) atoms. The van der Waals surface area contributed by atoms with Gasteiger partial charge in [-0.15, -0.1) is 0 Å². The lowest BCUT2D eigenvalue weighted by molar-refractivity contribution is 0.566. The number of rotatable bonds is 4. The van der Waals surface area contributed by atoms with E-state index in [1.54, 1.807) is 6.92 Å². The number of benzene rings is 1. The molecule has 106 valence electrons. The molecule has 2 aromatic rings. The van der Waals surface area contributed by atoms with Crippen molar-refractivity contribution in [2.45, 2.75) is 17.9 Å². The minimum Gasteiger partial charge on any atom is -0.326 e. The highest BCUT2D eigenvalue weighted by atomic mass is 35.5. The number of aromatic amines is 1. The minimum absolute atomic E-state index is 0.0788. The van der Waals surface area contributed by atoms with E-state index in [2.05, 4.69) is 9.71 Å². The fraction of sp³-hybridized carbons (Fsp3) is 0.154. The topological polar surface area (TPSA) is 79.0 Å². The zero-order valence-electron chi connectivity index (χ0n) is 10.6. The highest BCUT2D eigenvalue weighted by Gasteiger charge is 2.19. The van der Waals surface area contributed by atoms with E-state index in [0.29, 0.717) is 0 Å². The van der Waals surface area contributed by atoms with Crippen LogP contribution in [0, 0.1) is 0 Å². The van der Waals surface area contributed by atoms with Crippen LogP contribution in [-0.4, -0.2) is 13.4 Å². The van der Waals surface area contributed by atoms with E-state index in [-0.39, 0.29) is 9.92 Å². The van der Waals surface area contributed by atoms with Crippen molar-refractivity contribution in [2.24, 2.45) is 0 Å². The Bertz CT molecular complexity index is 757. The summed E-state index contributed by atoms with van der Waals surface area (Å²) in [7, 11) is -3.75. The summed E-state index contributed by atoms with van der Waals surface area (Å²) in [5.74, 6) is 0. The minimum atomic E-state index is -3.75. The molecule has 2 N–H and O–H groups in total. The van der Waals surface area contributed by atoms with Crippen molar-refractivity contribution >= 4 is 21.6 Å².